The number of halogens is 3. The summed E-state index contributed by atoms with van der Waals surface area (Å²) in [7, 11) is 0. The fraction of sp³-hybridized carbons (Fsp3) is 0.143. The van der Waals surface area contributed by atoms with E-state index in [1.807, 2.05) is 18.2 Å². The van der Waals surface area contributed by atoms with Gasteiger partial charge in [0.05, 0.1) is 0 Å². The Labute approximate surface area is 97.2 Å². The molecule has 56 valence electrons. The Morgan fingerprint density at radius 3 is 1.91 bits per heavy atom. The summed E-state index contributed by atoms with van der Waals surface area (Å²) < 4.78 is 0. The van der Waals surface area contributed by atoms with Crippen molar-refractivity contribution in [3.63, 3.8) is 0 Å². The standard InChI is InChI=1S/C7H5BrCl2.Zn/c8-4-5-6(9)2-1-3-7(5)10;/h1-3H,4H2;. The number of hydrogen-bond acceptors (Lipinski definition) is 0. The predicted molar refractivity (Wildman–Crippen MR) is 49.1 cm³/mol. The first-order chi connectivity index (χ1) is 4.75. The maximum Gasteiger partial charge on any atom is 0.0461 e. The van der Waals surface area contributed by atoms with Gasteiger partial charge in [0.1, 0.15) is 0 Å². The summed E-state index contributed by atoms with van der Waals surface area (Å²) in [6.45, 7) is 0. The normalized spacial score (nSPS) is 9.00. The van der Waals surface area contributed by atoms with E-state index in [1.54, 1.807) is 0 Å². The molecule has 0 aromatic heterocycles. The van der Waals surface area contributed by atoms with Gasteiger partial charge < -0.3 is 0 Å². The average Bonchev–Trinajstić information content (AvgIpc) is 1.88. The Morgan fingerprint density at radius 2 is 1.64 bits per heavy atom. The van der Waals surface area contributed by atoms with E-state index in [9.17, 15) is 0 Å². The zero-order chi connectivity index (χ0) is 7.56. The largest absolute Gasteiger partial charge is 0.0875 e. The summed E-state index contributed by atoms with van der Waals surface area (Å²) in [4.78, 5) is 0. The molecule has 0 heterocycles. The monoisotopic (exact) mass is 302 g/mol. The van der Waals surface area contributed by atoms with Gasteiger partial charge in [0.15, 0.2) is 0 Å². The van der Waals surface area contributed by atoms with Gasteiger partial charge in [-0.2, -0.15) is 0 Å². The van der Waals surface area contributed by atoms with Crippen molar-refractivity contribution in [2.45, 2.75) is 5.33 Å². The van der Waals surface area contributed by atoms with Crippen LogP contribution in [-0.2, 0) is 24.8 Å². The van der Waals surface area contributed by atoms with E-state index in [4.69, 9.17) is 23.2 Å². The summed E-state index contributed by atoms with van der Waals surface area (Å²) in [5, 5.41) is 2.12. The molecular formula is C7H5BrCl2Zn. The van der Waals surface area contributed by atoms with E-state index in [2.05, 4.69) is 15.9 Å². The minimum absolute atomic E-state index is 0. The topological polar surface area (TPSA) is 0 Å². The molecule has 0 bridgehead atoms. The Balaban J connectivity index is 0.000001000. The second-order valence-corrected chi connectivity index (χ2v) is 3.21. The maximum atomic E-state index is 5.82. The quantitative estimate of drug-likeness (QED) is 0.545. The van der Waals surface area contributed by atoms with E-state index in [0.717, 1.165) is 5.56 Å². The average molecular weight is 305 g/mol. The smallest absolute Gasteiger partial charge is 0.0461 e. The minimum Gasteiger partial charge on any atom is -0.0875 e. The SMILES string of the molecule is Clc1cccc(Cl)c1CBr.[Zn]. The third-order valence-corrected chi connectivity index (χ3v) is 2.46. The van der Waals surface area contributed by atoms with E-state index in [0.29, 0.717) is 15.4 Å². The Kier molecular flexibility index (Phi) is 5.99. The molecule has 0 fully saturated rings. The van der Waals surface area contributed by atoms with Crippen LogP contribution in [-0.4, -0.2) is 0 Å². The molecule has 0 amide bonds. The summed E-state index contributed by atoms with van der Waals surface area (Å²) >= 11 is 14.9. The molecule has 4 heteroatoms. The Hall–Kier alpha value is 0.903. The molecule has 11 heavy (non-hydrogen) atoms. The molecule has 0 unspecified atom stereocenters. The number of hydrogen-bond donors (Lipinski definition) is 0. The van der Waals surface area contributed by atoms with Crippen LogP contribution < -0.4 is 0 Å². The van der Waals surface area contributed by atoms with E-state index in [1.165, 1.54) is 0 Å². The number of rotatable bonds is 1. The van der Waals surface area contributed by atoms with Crippen molar-refractivity contribution in [2.75, 3.05) is 0 Å². The van der Waals surface area contributed by atoms with Crippen molar-refractivity contribution in [3.05, 3.63) is 33.8 Å². The van der Waals surface area contributed by atoms with Crippen LogP contribution in [0.1, 0.15) is 5.56 Å². The predicted octanol–water partition coefficient (Wildman–Crippen LogP) is 3.89. The Morgan fingerprint density at radius 1 is 1.18 bits per heavy atom. The van der Waals surface area contributed by atoms with Crippen molar-refractivity contribution in [1.82, 2.24) is 0 Å². The number of benzene rings is 1. The molecule has 0 spiro atoms. The van der Waals surface area contributed by atoms with Gasteiger partial charge in [0, 0.05) is 34.9 Å². The fourth-order valence-corrected chi connectivity index (χ4v) is 2.12. The van der Waals surface area contributed by atoms with Crippen LogP contribution in [0, 0.1) is 0 Å². The van der Waals surface area contributed by atoms with Gasteiger partial charge in [-0.25, -0.2) is 0 Å². The zero-order valence-electron chi connectivity index (χ0n) is 5.78. The fourth-order valence-electron chi connectivity index (χ4n) is 0.660. The molecule has 0 aliphatic carbocycles. The van der Waals surface area contributed by atoms with Gasteiger partial charge >= 0.3 is 0 Å². The molecule has 1 aromatic carbocycles. The van der Waals surface area contributed by atoms with Gasteiger partial charge in [0.2, 0.25) is 0 Å². The van der Waals surface area contributed by atoms with Crippen LogP contribution in [0.25, 0.3) is 0 Å². The van der Waals surface area contributed by atoms with E-state index < -0.39 is 0 Å². The molecule has 0 N–H and O–H groups in total. The van der Waals surface area contributed by atoms with E-state index >= 15 is 0 Å². The molecular weight excluding hydrogens is 300 g/mol. The van der Waals surface area contributed by atoms with Crippen molar-refractivity contribution < 1.29 is 19.5 Å². The van der Waals surface area contributed by atoms with Crippen LogP contribution in [0.4, 0.5) is 0 Å². The van der Waals surface area contributed by atoms with E-state index in [-0.39, 0.29) is 19.5 Å². The van der Waals surface area contributed by atoms with Crippen LogP contribution >= 0.6 is 39.1 Å². The second kappa shape index (κ2) is 5.53. The molecule has 1 rings (SSSR count). The second-order valence-electron chi connectivity index (χ2n) is 1.83. The summed E-state index contributed by atoms with van der Waals surface area (Å²) in [6.07, 6.45) is 0. The van der Waals surface area contributed by atoms with Gasteiger partial charge in [-0.1, -0.05) is 45.2 Å². The molecule has 0 nitrogen and oxygen atoms in total. The van der Waals surface area contributed by atoms with Crippen LogP contribution in [0.3, 0.4) is 0 Å². The van der Waals surface area contributed by atoms with Crippen molar-refractivity contribution >= 4 is 39.1 Å². The van der Waals surface area contributed by atoms with Crippen molar-refractivity contribution in [2.24, 2.45) is 0 Å². The van der Waals surface area contributed by atoms with Gasteiger partial charge in [0.25, 0.3) is 0 Å². The Bertz CT molecular complexity index is 220. The van der Waals surface area contributed by atoms with Crippen LogP contribution in [0.2, 0.25) is 10.0 Å². The first kappa shape index (κ1) is 11.9. The van der Waals surface area contributed by atoms with Crippen LogP contribution in [0.5, 0.6) is 0 Å². The minimum atomic E-state index is 0. The van der Waals surface area contributed by atoms with Crippen molar-refractivity contribution in [1.29, 1.82) is 0 Å². The third-order valence-electron chi connectivity index (χ3n) is 1.20. The molecule has 1 aromatic rings. The number of alkyl halides is 1. The zero-order valence-corrected chi connectivity index (χ0v) is 11.8. The molecule has 0 aliphatic rings. The van der Waals surface area contributed by atoms with Crippen LogP contribution in [0.15, 0.2) is 18.2 Å². The maximum absolute atomic E-state index is 5.82. The molecule has 0 saturated carbocycles. The van der Waals surface area contributed by atoms with Gasteiger partial charge in [-0.15, -0.1) is 0 Å². The van der Waals surface area contributed by atoms with Crippen molar-refractivity contribution in [3.8, 4) is 0 Å². The third kappa shape index (κ3) is 3.02. The molecule has 0 atom stereocenters. The summed E-state index contributed by atoms with van der Waals surface area (Å²) in [5.41, 5.74) is 0.950. The summed E-state index contributed by atoms with van der Waals surface area (Å²) in [5.74, 6) is 0. The molecule has 0 radical (unpaired) electrons. The first-order valence-electron chi connectivity index (χ1n) is 2.74. The molecule has 0 saturated heterocycles. The van der Waals surface area contributed by atoms with Gasteiger partial charge in [-0.3, -0.25) is 0 Å². The summed E-state index contributed by atoms with van der Waals surface area (Å²) in [6, 6.07) is 5.48. The molecule has 0 aliphatic heterocycles. The van der Waals surface area contributed by atoms with Gasteiger partial charge in [-0.05, 0) is 17.7 Å². The first-order valence-corrected chi connectivity index (χ1v) is 4.62.